The zero-order chi connectivity index (χ0) is 15.2. The van der Waals surface area contributed by atoms with Crippen molar-refractivity contribution in [1.82, 2.24) is 9.97 Å². The van der Waals surface area contributed by atoms with Gasteiger partial charge in [-0.1, -0.05) is 39.0 Å². The molecular weight excluding hydrogens is 379 g/mol. The molecule has 0 aliphatic heterocycles. The standard InChI is InChI=1S/C16H15IN2O2/c1-16(2,3)13-12(17)15(20)19-14(18-13)10-8-21-11-7-5-4-6-9(10)11/h4-8H,1-3H3,(H,18,19,20). The van der Waals surface area contributed by atoms with Crippen LogP contribution >= 0.6 is 22.6 Å². The van der Waals surface area contributed by atoms with E-state index >= 15 is 0 Å². The molecular formula is C16H15IN2O2. The summed E-state index contributed by atoms with van der Waals surface area (Å²) in [5.41, 5.74) is 2.08. The Balaban J connectivity index is 2.29. The third-order valence-electron chi connectivity index (χ3n) is 3.31. The van der Waals surface area contributed by atoms with E-state index in [1.165, 1.54) is 0 Å². The van der Waals surface area contributed by atoms with Gasteiger partial charge in [0.1, 0.15) is 21.2 Å². The molecule has 0 fully saturated rings. The number of hydrogen-bond donors (Lipinski definition) is 1. The highest BCUT2D eigenvalue weighted by molar-refractivity contribution is 14.1. The lowest BCUT2D eigenvalue weighted by atomic mass is 9.92. The minimum Gasteiger partial charge on any atom is -0.464 e. The Kier molecular flexibility index (Phi) is 3.39. The van der Waals surface area contributed by atoms with Crippen molar-refractivity contribution < 1.29 is 4.42 Å². The summed E-state index contributed by atoms with van der Waals surface area (Å²) in [7, 11) is 0. The van der Waals surface area contributed by atoms with E-state index in [9.17, 15) is 4.79 Å². The number of aromatic nitrogens is 2. The van der Waals surface area contributed by atoms with Crippen molar-refractivity contribution in [2.45, 2.75) is 26.2 Å². The van der Waals surface area contributed by atoms with E-state index in [0.29, 0.717) is 9.39 Å². The first-order chi connectivity index (χ1) is 9.88. The average Bonchev–Trinajstić information content (AvgIpc) is 2.84. The van der Waals surface area contributed by atoms with Gasteiger partial charge >= 0.3 is 0 Å². The molecule has 5 heteroatoms. The van der Waals surface area contributed by atoms with Crippen LogP contribution in [0.5, 0.6) is 0 Å². The van der Waals surface area contributed by atoms with E-state index in [4.69, 9.17) is 4.42 Å². The Morgan fingerprint density at radius 1 is 1.24 bits per heavy atom. The highest BCUT2D eigenvalue weighted by Gasteiger charge is 2.23. The van der Waals surface area contributed by atoms with Crippen molar-refractivity contribution in [3.05, 3.63) is 50.1 Å². The molecule has 2 heterocycles. The number of hydrogen-bond acceptors (Lipinski definition) is 3. The maximum Gasteiger partial charge on any atom is 0.264 e. The molecule has 0 aliphatic rings. The Bertz CT molecular complexity index is 872. The number of nitrogens with zero attached hydrogens (tertiary/aromatic N) is 1. The summed E-state index contributed by atoms with van der Waals surface area (Å²) in [6.07, 6.45) is 1.64. The summed E-state index contributed by atoms with van der Waals surface area (Å²) in [5.74, 6) is 0.551. The van der Waals surface area contributed by atoms with E-state index in [0.717, 1.165) is 22.2 Å². The lowest BCUT2D eigenvalue weighted by Crippen LogP contribution is -2.24. The van der Waals surface area contributed by atoms with Gasteiger partial charge in [-0.05, 0) is 28.7 Å². The van der Waals surface area contributed by atoms with E-state index in [2.05, 4.69) is 32.6 Å². The SMILES string of the molecule is CC(C)(C)c1nc(-c2coc3ccccc23)[nH]c(=O)c1I. The van der Waals surface area contributed by atoms with Crippen molar-refractivity contribution in [1.29, 1.82) is 0 Å². The predicted molar refractivity (Wildman–Crippen MR) is 91.5 cm³/mol. The number of rotatable bonds is 1. The summed E-state index contributed by atoms with van der Waals surface area (Å²) in [4.78, 5) is 19.7. The van der Waals surface area contributed by atoms with Crippen LogP contribution in [0.15, 0.2) is 39.7 Å². The van der Waals surface area contributed by atoms with E-state index in [1.807, 2.05) is 45.0 Å². The fraction of sp³-hybridized carbons (Fsp3) is 0.250. The number of H-pyrrole nitrogens is 1. The average molecular weight is 394 g/mol. The van der Waals surface area contributed by atoms with Crippen molar-refractivity contribution in [2.24, 2.45) is 0 Å². The smallest absolute Gasteiger partial charge is 0.264 e. The van der Waals surface area contributed by atoms with Crippen LogP contribution in [0.1, 0.15) is 26.5 Å². The molecule has 0 aliphatic carbocycles. The Morgan fingerprint density at radius 2 is 1.95 bits per heavy atom. The molecule has 0 bridgehead atoms. The maximum absolute atomic E-state index is 12.2. The number of halogens is 1. The molecule has 0 amide bonds. The van der Waals surface area contributed by atoms with Gasteiger partial charge in [0.05, 0.1) is 11.3 Å². The summed E-state index contributed by atoms with van der Waals surface area (Å²) < 4.78 is 6.17. The quantitative estimate of drug-likeness (QED) is 0.633. The monoisotopic (exact) mass is 394 g/mol. The normalized spacial score (nSPS) is 12.0. The van der Waals surface area contributed by atoms with Crippen molar-refractivity contribution in [3.63, 3.8) is 0 Å². The van der Waals surface area contributed by atoms with Crippen molar-refractivity contribution in [2.75, 3.05) is 0 Å². The third kappa shape index (κ3) is 2.50. The topological polar surface area (TPSA) is 58.9 Å². The summed E-state index contributed by atoms with van der Waals surface area (Å²) >= 11 is 2.05. The third-order valence-corrected chi connectivity index (χ3v) is 4.31. The molecule has 1 aromatic carbocycles. The predicted octanol–water partition coefficient (Wildman–Crippen LogP) is 4.09. The lowest BCUT2D eigenvalue weighted by molar-refractivity contribution is 0.562. The number of nitrogens with one attached hydrogen (secondary N) is 1. The zero-order valence-corrected chi connectivity index (χ0v) is 14.2. The van der Waals surface area contributed by atoms with Crippen LogP contribution in [-0.4, -0.2) is 9.97 Å². The molecule has 0 atom stereocenters. The van der Waals surface area contributed by atoms with Crippen LogP contribution in [0.25, 0.3) is 22.4 Å². The highest BCUT2D eigenvalue weighted by Crippen LogP contribution is 2.30. The largest absolute Gasteiger partial charge is 0.464 e. The van der Waals surface area contributed by atoms with Crippen molar-refractivity contribution >= 4 is 33.6 Å². The molecule has 3 rings (SSSR count). The molecule has 0 radical (unpaired) electrons. The van der Waals surface area contributed by atoms with E-state index < -0.39 is 0 Å². The second-order valence-corrected chi connectivity index (χ2v) is 7.05. The van der Waals surface area contributed by atoms with Gasteiger partial charge in [0.2, 0.25) is 0 Å². The number of aromatic amines is 1. The van der Waals surface area contributed by atoms with Crippen LogP contribution in [-0.2, 0) is 5.41 Å². The fourth-order valence-corrected chi connectivity index (χ4v) is 3.31. The first-order valence-electron chi connectivity index (χ1n) is 6.65. The molecule has 4 nitrogen and oxygen atoms in total. The molecule has 0 saturated heterocycles. The molecule has 3 aromatic rings. The number of fused-ring (bicyclic) bond motifs is 1. The summed E-state index contributed by atoms with van der Waals surface area (Å²) in [6, 6.07) is 7.72. The van der Waals surface area contributed by atoms with Gasteiger partial charge in [-0.3, -0.25) is 4.79 Å². The van der Waals surface area contributed by atoms with Gasteiger partial charge in [0.15, 0.2) is 0 Å². The molecule has 21 heavy (non-hydrogen) atoms. The highest BCUT2D eigenvalue weighted by atomic mass is 127. The summed E-state index contributed by atoms with van der Waals surface area (Å²) in [6.45, 7) is 6.15. The Hall–Kier alpha value is -1.63. The van der Waals surface area contributed by atoms with Gasteiger partial charge in [-0.15, -0.1) is 0 Å². The Morgan fingerprint density at radius 3 is 2.67 bits per heavy atom. The number of benzene rings is 1. The van der Waals surface area contributed by atoms with Gasteiger partial charge < -0.3 is 9.40 Å². The molecule has 2 aromatic heterocycles. The molecule has 108 valence electrons. The van der Waals surface area contributed by atoms with Gasteiger partial charge in [0, 0.05) is 10.8 Å². The van der Waals surface area contributed by atoms with Crippen LogP contribution < -0.4 is 5.56 Å². The second kappa shape index (κ2) is 4.98. The molecule has 0 unspecified atom stereocenters. The van der Waals surface area contributed by atoms with Gasteiger partial charge in [0.25, 0.3) is 5.56 Å². The first-order valence-corrected chi connectivity index (χ1v) is 7.72. The zero-order valence-electron chi connectivity index (χ0n) is 12.0. The van der Waals surface area contributed by atoms with Crippen LogP contribution in [0.2, 0.25) is 0 Å². The van der Waals surface area contributed by atoms with Crippen LogP contribution in [0, 0.1) is 3.57 Å². The molecule has 1 N–H and O–H groups in total. The van der Waals surface area contributed by atoms with Crippen LogP contribution in [0.4, 0.5) is 0 Å². The lowest BCUT2D eigenvalue weighted by Gasteiger charge is -2.19. The second-order valence-electron chi connectivity index (χ2n) is 5.97. The molecule has 0 saturated carbocycles. The van der Waals surface area contributed by atoms with Crippen molar-refractivity contribution in [3.8, 4) is 11.4 Å². The number of furan rings is 1. The maximum atomic E-state index is 12.2. The number of para-hydroxylation sites is 1. The molecule has 0 spiro atoms. The van der Waals surface area contributed by atoms with E-state index in [1.54, 1.807) is 6.26 Å². The van der Waals surface area contributed by atoms with Gasteiger partial charge in [-0.25, -0.2) is 4.98 Å². The minimum absolute atomic E-state index is 0.115. The van der Waals surface area contributed by atoms with Crippen LogP contribution in [0.3, 0.4) is 0 Å². The fourth-order valence-electron chi connectivity index (χ4n) is 2.24. The summed E-state index contributed by atoms with van der Waals surface area (Å²) in [5, 5.41) is 0.946. The first kappa shape index (κ1) is 14.3. The minimum atomic E-state index is -0.195. The van der Waals surface area contributed by atoms with Gasteiger partial charge in [-0.2, -0.15) is 0 Å². The van der Waals surface area contributed by atoms with E-state index in [-0.39, 0.29) is 11.0 Å². The Labute approximate surface area is 135 Å².